The van der Waals surface area contributed by atoms with Gasteiger partial charge in [0.25, 0.3) is 5.91 Å². The predicted octanol–water partition coefficient (Wildman–Crippen LogP) is 2.05. The van der Waals surface area contributed by atoms with E-state index < -0.39 is 0 Å². The molecule has 0 aliphatic carbocycles. The number of hydrogen-bond donors (Lipinski definition) is 0. The molecule has 0 N–H and O–H groups in total. The number of aromatic nitrogens is 3. The fourth-order valence-electron chi connectivity index (χ4n) is 3.87. The third kappa shape index (κ3) is 2.91. The summed E-state index contributed by atoms with van der Waals surface area (Å²) in [7, 11) is 0. The third-order valence-electron chi connectivity index (χ3n) is 5.21. The van der Waals surface area contributed by atoms with Crippen LogP contribution in [0, 0.1) is 0 Å². The quantitative estimate of drug-likeness (QED) is 0.691. The Bertz CT molecular complexity index is 971. The molecule has 2 aliphatic heterocycles. The SMILES string of the molecule is O=C(c1cnccn1)N1Cc2cc(N3CCOCC3)ccc2[C@H]1c1cnco1. The largest absolute Gasteiger partial charge is 0.446 e. The topological polar surface area (TPSA) is 84.6 Å². The molecule has 1 saturated heterocycles. The number of nitrogens with zero attached hydrogens (tertiary/aromatic N) is 5. The monoisotopic (exact) mass is 377 g/mol. The number of anilines is 1. The summed E-state index contributed by atoms with van der Waals surface area (Å²) in [6.45, 7) is 3.68. The van der Waals surface area contributed by atoms with Crippen molar-refractivity contribution < 1.29 is 13.9 Å². The average molecular weight is 377 g/mol. The fourth-order valence-corrected chi connectivity index (χ4v) is 3.87. The summed E-state index contributed by atoms with van der Waals surface area (Å²) in [5.74, 6) is 0.453. The molecule has 5 rings (SSSR count). The van der Waals surface area contributed by atoms with Crippen LogP contribution < -0.4 is 4.90 Å². The number of amides is 1. The van der Waals surface area contributed by atoms with Crippen LogP contribution in [0.1, 0.15) is 33.4 Å². The number of fused-ring (bicyclic) bond motifs is 1. The number of rotatable bonds is 3. The van der Waals surface area contributed by atoms with Crippen LogP contribution in [-0.2, 0) is 11.3 Å². The molecule has 8 nitrogen and oxygen atoms in total. The van der Waals surface area contributed by atoms with E-state index in [1.807, 2.05) is 0 Å². The Morgan fingerprint density at radius 2 is 2.00 bits per heavy atom. The van der Waals surface area contributed by atoms with Crippen molar-refractivity contribution in [3.05, 3.63) is 72.0 Å². The Labute approximate surface area is 161 Å². The Kier molecular flexibility index (Phi) is 4.25. The molecule has 1 amide bonds. The highest BCUT2D eigenvalue weighted by Crippen LogP contribution is 2.40. The van der Waals surface area contributed by atoms with Gasteiger partial charge in [-0.3, -0.25) is 9.78 Å². The number of oxazole rings is 1. The van der Waals surface area contributed by atoms with Crippen molar-refractivity contribution >= 4 is 11.6 Å². The summed E-state index contributed by atoms with van der Waals surface area (Å²) >= 11 is 0. The Morgan fingerprint density at radius 3 is 2.75 bits per heavy atom. The molecule has 0 spiro atoms. The summed E-state index contributed by atoms with van der Waals surface area (Å²) in [6.07, 6.45) is 7.61. The fraction of sp³-hybridized carbons (Fsp3) is 0.300. The van der Waals surface area contributed by atoms with Crippen molar-refractivity contribution in [1.82, 2.24) is 19.9 Å². The first-order valence-corrected chi connectivity index (χ1v) is 9.22. The molecule has 2 aromatic heterocycles. The highest BCUT2D eigenvalue weighted by Gasteiger charge is 2.38. The van der Waals surface area contributed by atoms with Gasteiger partial charge in [0.1, 0.15) is 11.7 Å². The minimum atomic E-state index is -0.328. The molecule has 0 unspecified atom stereocenters. The molecule has 28 heavy (non-hydrogen) atoms. The molecule has 0 radical (unpaired) electrons. The first kappa shape index (κ1) is 16.9. The van der Waals surface area contributed by atoms with Crippen LogP contribution in [0.15, 0.2) is 53.8 Å². The van der Waals surface area contributed by atoms with Crippen molar-refractivity contribution in [2.45, 2.75) is 12.6 Å². The second kappa shape index (κ2) is 7.05. The molecule has 8 heteroatoms. The maximum absolute atomic E-state index is 13.1. The maximum Gasteiger partial charge on any atom is 0.275 e. The zero-order valence-electron chi connectivity index (χ0n) is 15.2. The second-order valence-electron chi connectivity index (χ2n) is 6.81. The lowest BCUT2D eigenvalue weighted by Gasteiger charge is -2.29. The van der Waals surface area contributed by atoms with Gasteiger partial charge in [-0.15, -0.1) is 0 Å². The van der Waals surface area contributed by atoms with E-state index >= 15 is 0 Å². The lowest BCUT2D eigenvalue weighted by Crippen LogP contribution is -2.36. The zero-order chi connectivity index (χ0) is 18.9. The maximum atomic E-state index is 13.1. The lowest BCUT2D eigenvalue weighted by molar-refractivity contribution is 0.0697. The molecule has 4 heterocycles. The number of hydrogen-bond acceptors (Lipinski definition) is 7. The second-order valence-corrected chi connectivity index (χ2v) is 6.81. The van der Waals surface area contributed by atoms with Gasteiger partial charge in [0, 0.05) is 37.7 Å². The molecule has 1 fully saturated rings. The zero-order valence-corrected chi connectivity index (χ0v) is 15.2. The van der Waals surface area contributed by atoms with E-state index in [9.17, 15) is 4.79 Å². The van der Waals surface area contributed by atoms with Gasteiger partial charge in [-0.1, -0.05) is 6.07 Å². The normalized spacial score (nSPS) is 18.9. The van der Waals surface area contributed by atoms with Crippen LogP contribution in [0.25, 0.3) is 0 Å². The van der Waals surface area contributed by atoms with Crippen LogP contribution in [0.2, 0.25) is 0 Å². The van der Waals surface area contributed by atoms with Gasteiger partial charge in [-0.25, -0.2) is 9.97 Å². The van der Waals surface area contributed by atoms with Gasteiger partial charge in [0.05, 0.1) is 25.6 Å². The summed E-state index contributed by atoms with van der Waals surface area (Å²) in [5.41, 5.74) is 3.61. The highest BCUT2D eigenvalue weighted by molar-refractivity contribution is 5.93. The van der Waals surface area contributed by atoms with E-state index in [0.29, 0.717) is 18.0 Å². The van der Waals surface area contributed by atoms with Crippen molar-refractivity contribution in [1.29, 1.82) is 0 Å². The summed E-state index contributed by atoms with van der Waals surface area (Å²) in [4.78, 5) is 29.4. The van der Waals surface area contributed by atoms with E-state index in [0.717, 1.165) is 43.1 Å². The molecule has 0 saturated carbocycles. The van der Waals surface area contributed by atoms with Crippen LogP contribution >= 0.6 is 0 Å². The Hall–Kier alpha value is -3.26. The van der Waals surface area contributed by atoms with Crippen molar-refractivity contribution in [3.63, 3.8) is 0 Å². The summed E-state index contributed by atoms with van der Waals surface area (Å²) in [6, 6.07) is 6.01. The highest BCUT2D eigenvalue weighted by atomic mass is 16.5. The van der Waals surface area contributed by atoms with E-state index in [-0.39, 0.29) is 11.9 Å². The van der Waals surface area contributed by atoms with E-state index in [2.05, 4.69) is 38.1 Å². The number of morpholine rings is 1. The van der Waals surface area contributed by atoms with Gasteiger partial charge < -0.3 is 19.0 Å². The molecule has 1 atom stereocenters. The molecular weight excluding hydrogens is 358 g/mol. The standard InChI is InChI=1S/C20H19N5O3/c26-20(17-10-21-3-4-23-17)25-12-14-9-15(24-5-7-27-8-6-24)1-2-16(14)19(25)18-11-22-13-28-18/h1-4,9-11,13,19H,5-8,12H2/t19-/m0/s1. The summed E-state index contributed by atoms with van der Waals surface area (Å²) < 4.78 is 11.0. The molecular formula is C20H19N5O3. The van der Waals surface area contributed by atoms with Crippen LogP contribution in [0.5, 0.6) is 0 Å². The molecule has 0 bridgehead atoms. The van der Waals surface area contributed by atoms with Crippen molar-refractivity contribution in [3.8, 4) is 0 Å². The lowest BCUT2D eigenvalue weighted by atomic mass is 10.0. The van der Waals surface area contributed by atoms with Crippen molar-refractivity contribution in [2.24, 2.45) is 0 Å². The Morgan fingerprint density at radius 1 is 1.11 bits per heavy atom. The summed E-state index contributed by atoms with van der Waals surface area (Å²) in [5, 5.41) is 0. The predicted molar refractivity (Wildman–Crippen MR) is 99.7 cm³/mol. The molecule has 3 aromatic rings. The molecule has 2 aliphatic rings. The number of carbonyl (C=O) groups excluding carboxylic acids is 1. The third-order valence-corrected chi connectivity index (χ3v) is 5.21. The Balaban J connectivity index is 1.52. The van der Waals surface area contributed by atoms with E-state index in [1.165, 1.54) is 18.8 Å². The van der Waals surface area contributed by atoms with Gasteiger partial charge >= 0.3 is 0 Å². The molecule has 142 valence electrons. The van der Waals surface area contributed by atoms with Gasteiger partial charge in [-0.05, 0) is 23.3 Å². The van der Waals surface area contributed by atoms with Crippen LogP contribution in [0.4, 0.5) is 5.69 Å². The first-order chi connectivity index (χ1) is 13.8. The minimum absolute atomic E-state index is 0.182. The minimum Gasteiger partial charge on any atom is -0.446 e. The number of benzene rings is 1. The average Bonchev–Trinajstić information content (AvgIpc) is 3.41. The van der Waals surface area contributed by atoms with E-state index in [1.54, 1.807) is 17.3 Å². The van der Waals surface area contributed by atoms with Crippen LogP contribution in [-0.4, -0.2) is 52.1 Å². The smallest absolute Gasteiger partial charge is 0.275 e. The van der Waals surface area contributed by atoms with Gasteiger partial charge in [-0.2, -0.15) is 0 Å². The van der Waals surface area contributed by atoms with Gasteiger partial charge in [0.2, 0.25) is 0 Å². The van der Waals surface area contributed by atoms with Crippen LogP contribution in [0.3, 0.4) is 0 Å². The van der Waals surface area contributed by atoms with Crippen molar-refractivity contribution in [2.75, 3.05) is 31.2 Å². The van der Waals surface area contributed by atoms with E-state index in [4.69, 9.17) is 9.15 Å². The van der Waals surface area contributed by atoms with Gasteiger partial charge in [0.15, 0.2) is 12.2 Å². The number of carbonyl (C=O) groups is 1. The molecule has 1 aromatic carbocycles. The number of ether oxygens (including phenoxy) is 1. The first-order valence-electron chi connectivity index (χ1n) is 9.22.